The van der Waals surface area contributed by atoms with Gasteiger partial charge in [0, 0.05) is 23.4 Å². The number of benzene rings is 1. The number of halogens is 1. The van der Waals surface area contributed by atoms with Crippen LogP contribution in [0.15, 0.2) is 27.4 Å². The molecular formula is C25H29ClO4. The van der Waals surface area contributed by atoms with Crippen molar-refractivity contribution < 1.29 is 13.9 Å². The van der Waals surface area contributed by atoms with Crippen LogP contribution in [0, 0.1) is 29.6 Å². The first-order valence-electron chi connectivity index (χ1n) is 11.4. The number of carbonyl (C=O) groups is 1. The number of hydrogen-bond donors (Lipinski definition) is 0. The van der Waals surface area contributed by atoms with Gasteiger partial charge in [-0.1, -0.05) is 24.9 Å². The van der Waals surface area contributed by atoms with Crippen molar-refractivity contribution in [1.29, 1.82) is 0 Å². The molecule has 4 aliphatic carbocycles. The standard InChI is InChI=1S/C25H29ClO4/c1-2-3-4-16-10-24(28)30-22-12-23(20(26)11-19(16)22)29-13-21(27)25-17-6-14-5-15(8-17)9-18(25)7-14/h10-12,14-15,17-18,25H,2-9,13H2,1H3. The summed E-state index contributed by atoms with van der Waals surface area (Å²) < 4.78 is 11.3. The second-order valence-corrected chi connectivity index (χ2v) is 10.1. The van der Waals surface area contributed by atoms with Gasteiger partial charge in [0.1, 0.15) is 17.9 Å². The molecule has 5 heteroatoms. The van der Waals surface area contributed by atoms with Gasteiger partial charge in [-0.05, 0) is 80.2 Å². The van der Waals surface area contributed by atoms with Crippen molar-refractivity contribution in [3.63, 3.8) is 0 Å². The minimum atomic E-state index is -0.369. The lowest BCUT2D eigenvalue weighted by atomic mass is 9.51. The Morgan fingerprint density at radius 1 is 1.10 bits per heavy atom. The molecule has 4 bridgehead atoms. The zero-order valence-electron chi connectivity index (χ0n) is 17.5. The first-order chi connectivity index (χ1) is 14.5. The van der Waals surface area contributed by atoms with Gasteiger partial charge in [-0.25, -0.2) is 4.79 Å². The molecule has 4 nitrogen and oxygen atoms in total. The molecule has 4 fully saturated rings. The lowest BCUT2D eigenvalue weighted by Gasteiger charge is -2.53. The number of ketones is 1. The van der Waals surface area contributed by atoms with Crippen LogP contribution in [-0.4, -0.2) is 12.4 Å². The van der Waals surface area contributed by atoms with Gasteiger partial charge >= 0.3 is 5.63 Å². The van der Waals surface area contributed by atoms with Gasteiger partial charge in [-0.15, -0.1) is 0 Å². The Bertz CT molecular complexity index is 996. The van der Waals surface area contributed by atoms with Crippen molar-refractivity contribution in [2.24, 2.45) is 29.6 Å². The zero-order valence-corrected chi connectivity index (χ0v) is 18.2. The van der Waals surface area contributed by atoms with E-state index >= 15 is 0 Å². The molecule has 0 N–H and O–H groups in total. The fourth-order valence-corrected chi connectivity index (χ4v) is 6.83. The third kappa shape index (κ3) is 3.68. The number of carbonyl (C=O) groups excluding carboxylic acids is 1. The van der Waals surface area contributed by atoms with Crippen molar-refractivity contribution in [3.8, 4) is 5.75 Å². The average molecular weight is 429 g/mol. The Balaban J connectivity index is 1.33. The molecule has 160 valence electrons. The summed E-state index contributed by atoms with van der Waals surface area (Å²) in [7, 11) is 0. The summed E-state index contributed by atoms with van der Waals surface area (Å²) in [5, 5.41) is 1.29. The van der Waals surface area contributed by atoms with Crippen LogP contribution in [0.2, 0.25) is 5.02 Å². The van der Waals surface area contributed by atoms with Crippen LogP contribution < -0.4 is 10.4 Å². The van der Waals surface area contributed by atoms with Gasteiger partial charge in [-0.3, -0.25) is 4.79 Å². The van der Waals surface area contributed by atoms with Crippen molar-refractivity contribution in [3.05, 3.63) is 39.2 Å². The normalized spacial score (nSPS) is 29.5. The maximum absolute atomic E-state index is 13.1. The van der Waals surface area contributed by atoms with E-state index in [4.69, 9.17) is 20.8 Å². The summed E-state index contributed by atoms with van der Waals surface area (Å²) in [6.07, 6.45) is 9.08. The molecule has 4 aliphatic rings. The average Bonchev–Trinajstić information content (AvgIpc) is 2.70. The van der Waals surface area contributed by atoms with Crippen molar-refractivity contribution >= 4 is 28.4 Å². The van der Waals surface area contributed by atoms with Gasteiger partial charge in [0.2, 0.25) is 0 Å². The number of hydrogen-bond acceptors (Lipinski definition) is 4. The number of unbranched alkanes of at least 4 members (excludes halogenated alkanes) is 1. The third-order valence-electron chi connectivity index (χ3n) is 7.65. The van der Waals surface area contributed by atoms with E-state index in [1.807, 2.05) is 0 Å². The predicted molar refractivity (Wildman–Crippen MR) is 117 cm³/mol. The summed E-state index contributed by atoms with van der Waals surface area (Å²) in [5.41, 5.74) is 1.04. The van der Waals surface area contributed by atoms with Gasteiger partial charge in [0.25, 0.3) is 0 Å². The molecule has 0 amide bonds. The molecule has 1 aromatic heterocycles. The van der Waals surface area contributed by atoms with Gasteiger partial charge in [-0.2, -0.15) is 0 Å². The fourth-order valence-electron chi connectivity index (χ4n) is 6.61. The zero-order chi connectivity index (χ0) is 20.8. The van der Waals surface area contributed by atoms with Gasteiger partial charge in [0.15, 0.2) is 5.78 Å². The van der Waals surface area contributed by atoms with Crippen LogP contribution in [0.3, 0.4) is 0 Å². The minimum absolute atomic E-state index is 0.0397. The Kier molecular flexibility index (Phi) is 5.38. The Morgan fingerprint density at radius 3 is 2.47 bits per heavy atom. The van der Waals surface area contributed by atoms with Crippen LogP contribution in [0.5, 0.6) is 5.75 Å². The molecule has 1 aromatic carbocycles. The number of rotatable bonds is 7. The Morgan fingerprint density at radius 2 is 1.80 bits per heavy atom. The first kappa shape index (κ1) is 20.1. The number of ether oxygens (including phenoxy) is 1. The highest BCUT2D eigenvalue weighted by atomic mass is 35.5. The second kappa shape index (κ2) is 8.03. The molecule has 6 rings (SSSR count). The van der Waals surface area contributed by atoms with E-state index in [0.717, 1.165) is 42.0 Å². The van der Waals surface area contributed by atoms with Crippen LogP contribution >= 0.6 is 11.6 Å². The second-order valence-electron chi connectivity index (χ2n) is 9.68. The quantitative estimate of drug-likeness (QED) is 0.522. The number of aryl methyl sites for hydroxylation is 1. The lowest BCUT2D eigenvalue weighted by Crippen LogP contribution is -2.49. The monoisotopic (exact) mass is 428 g/mol. The van der Waals surface area contributed by atoms with Crippen molar-refractivity contribution in [2.45, 2.75) is 58.3 Å². The first-order valence-corrected chi connectivity index (χ1v) is 11.8. The lowest BCUT2D eigenvalue weighted by molar-refractivity contribution is -0.137. The van der Waals surface area contributed by atoms with Crippen LogP contribution in [0.25, 0.3) is 11.0 Å². The molecule has 0 radical (unpaired) electrons. The topological polar surface area (TPSA) is 56.5 Å². The summed E-state index contributed by atoms with van der Waals surface area (Å²) in [6.45, 7) is 2.16. The Labute approximate surface area is 181 Å². The molecule has 2 aromatic rings. The molecule has 1 heterocycles. The maximum atomic E-state index is 13.1. The number of Topliss-reactive ketones (excluding diaryl/α,β-unsaturated/α-hetero) is 1. The summed E-state index contributed by atoms with van der Waals surface area (Å²) in [6, 6.07) is 5.01. The molecule has 4 saturated carbocycles. The van der Waals surface area contributed by atoms with Crippen molar-refractivity contribution in [1.82, 2.24) is 0 Å². The number of fused-ring (bicyclic) bond motifs is 1. The molecule has 0 unspecified atom stereocenters. The van der Waals surface area contributed by atoms with E-state index in [1.165, 1.54) is 32.1 Å². The predicted octanol–water partition coefficient (Wildman–Crippen LogP) is 5.81. The van der Waals surface area contributed by atoms with E-state index in [0.29, 0.717) is 28.2 Å². The van der Waals surface area contributed by atoms with E-state index < -0.39 is 0 Å². The maximum Gasteiger partial charge on any atom is 0.336 e. The summed E-state index contributed by atoms with van der Waals surface area (Å²) in [5.74, 6) is 3.55. The summed E-state index contributed by atoms with van der Waals surface area (Å²) in [4.78, 5) is 25.0. The Hall–Kier alpha value is -1.81. The largest absolute Gasteiger partial charge is 0.484 e. The van der Waals surface area contributed by atoms with Crippen LogP contribution in [-0.2, 0) is 11.2 Å². The van der Waals surface area contributed by atoms with E-state index in [2.05, 4.69) is 6.92 Å². The van der Waals surface area contributed by atoms with E-state index in [-0.39, 0.29) is 23.9 Å². The highest BCUT2D eigenvalue weighted by molar-refractivity contribution is 6.32. The minimum Gasteiger partial charge on any atom is -0.484 e. The third-order valence-corrected chi connectivity index (χ3v) is 7.95. The van der Waals surface area contributed by atoms with E-state index in [9.17, 15) is 9.59 Å². The van der Waals surface area contributed by atoms with Crippen LogP contribution in [0.1, 0.15) is 57.4 Å². The molecule has 0 saturated heterocycles. The van der Waals surface area contributed by atoms with Gasteiger partial charge < -0.3 is 9.15 Å². The fraction of sp³-hybridized carbons (Fsp3) is 0.600. The van der Waals surface area contributed by atoms with Crippen molar-refractivity contribution in [2.75, 3.05) is 6.61 Å². The molecule has 30 heavy (non-hydrogen) atoms. The highest BCUT2D eigenvalue weighted by Crippen LogP contribution is 2.56. The summed E-state index contributed by atoms with van der Waals surface area (Å²) >= 11 is 6.48. The molecule has 0 atom stereocenters. The van der Waals surface area contributed by atoms with Gasteiger partial charge in [0.05, 0.1) is 5.02 Å². The molecule has 0 aliphatic heterocycles. The SMILES string of the molecule is CCCCc1cc(=O)oc2cc(OCC(=O)C3C4CC5CC(C4)CC3C5)c(Cl)cc12. The van der Waals surface area contributed by atoms with Crippen LogP contribution in [0.4, 0.5) is 0 Å². The molecule has 0 spiro atoms. The smallest absolute Gasteiger partial charge is 0.336 e. The van der Waals surface area contributed by atoms with E-state index in [1.54, 1.807) is 18.2 Å². The molecular weight excluding hydrogens is 400 g/mol. The highest BCUT2D eigenvalue weighted by Gasteiger charge is 2.50.